The maximum absolute atomic E-state index is 12.4. The van der Waals surface area contributed by atoms with E-state index in [1.165, 1.54) is 24.0 Å². The maximum Gasteiger partial charge on any atom is 0.224 e. The molecular weight excluding hydrogens is 310 g/mol. The lowest BCUT2D eigenvalue weighted by Gasteiger charge is -2.16. The fourth-order valence-electron chi connectivity index (χ4n) is 3.38. The zero-order valence-corrected chi connectivity index (χ0v) is 15.0. The number of amides is 1. The molecule has 0 aromatic heterocycles. The topological polar surface area (TPSA) is 46.2 Å². The molecule has 1 amide bonds. The van der Waals surface area contributed by atoms with E-state index in [-0.39, 0.29) is 24.5 Å². The Labute approximate surface area is 149 Å². The standard InChI is InChI=1S/C22H25NO2/c1-15-6-5-9-20(16(15)2)23-22(25)13-12-21(24)19-11-10-17-7-3-4-8-18(17)14-19/h5-6,9-11,14H,3-4,7-8,12-13H2,1-2H3,(H,23,25). The summed E-state index contributed by atoms with van der Waals surface area (Å²) in [4.78, 5) is 24.6. The number of ketones is 1. The minimum atomic E-state index is -0.111. The van der Waals surface area contributed by atoms with E-state index in [0.29, 0.717) is 0 Å². The van der Waals surface area contributed by atoms with Crippen LogP contribution in [0.4, 0.5) is 5.69 Å². The van der Waals surface area contributed by atoms with Crippen LogP contribution in [0.1, 0.15) is 58.3 Å². The highest BCUT2D eigenvalue weighted by Crippen LogP contribution is 2.23. The second-order valence-corrected chi connectivity index (χ2v) is 6.91. The van der Waals surface area contributed by atoms with E-state index >= 15 is 0 Å². The molecule has 0 radical (unpaired) electrons. The number of fused-ring (bicyclic) bond motifs is 1. The number of nitrogens with one attached hydrogen (secondary N) is 1. The Morgan fingerprint density at radius 2 is 1.72 bits per heavy atom. The average Bonchev–Trinajstić information content (AvgIpc) is 2.63. The number of hydrogen-bond donors (Lipinski definition) is 1. The predicted octanol–water partition coefficient (Wildman–Crippen LogP) is 4.78. The van der Waals surface area contributed by atoms with Crippen LogP contribution >= 0.6 is 0 Å². The molecular formula is C22H25NO2. The summed E-state index contributed by atoms with van der Waals surface area (Å²) in [6.45, 7) is 4.01. The Kier molecular flexibility index (Phi) is 5.32. The molecule has 3 heteroatoms. The van der Waals surface area contributed by atoms with Gasteiger partial charge in [0.05, 0.1) is 0 Å². The summed E-state index contributed by atoms with van der Waals surface area (Å²) in [5.41, 5.74) is 6.44. The molecule has 25 heavy (non-hydrogen) atoms. The molecule has 0 bridgehead atoms. The van der Waals surface area contributed by atoms with Gasteiger partial charge in [-0.05, 0) is 73.9 Å². The van der Waals surface area contributed by atoms with Crippen LogP contribution in [-0.2, 0) is 17.6 Å². The van der Waals surface area contributed by atoms with Crippen LogP contribution < -0.4 is 5.32 Å². The molecule has 0 aliphatic heterocycles. The molecule has 0 atom stereocenters. The fraction of sp³-hybridized carbons (Fsp3) is 0.364. The average molecular weight is 335 g/mol. The Bertz CT molecular complexity index is 808. The van der Waals surface area contributed by atoms with Crippen molar-refractivity contribution in [2.24, 2.45) is 0 Å². The van der Waals surface area contributed by atoms with Crippen molar-refractivity contribution in [1.82, 2.24) is 0 Å². The van der Waals surface area contributed by atoms with Crippen molar-refractivity contribution in [3.63, 3.8) is 0 Å². The van der Waals surface area contributed by atoms with Crippen LogP contribution in [0.2, 0.25) is 0 Å². The van der Waals surface area contributed by atoms with Crippen LogP contribution in [0.15, 0.2) is 36.4 Å². The lowest BCUT2D eigenvalue weighted by Crippen LogP contribution is -2.15. The zero-order valence-electron chi connectivity index (χ0n) is 15.0. The van der Waals surface area contributed by atoms with Gasteiger partial charge in [0.25, 0.3) is 0 Å². The number of benzene rings is 2. The molecule has 1 N–H and O–H groups in total. The highest BCUT2D eigenvalue weighted by Gasteiger charge is 2.14. The largest absolute Gasteiger partial charge is 0.326 e. The van der Waals surface area contributed by atoms with Gasteiger partial charge in [0.15, 0.2) is 5.78 Å². The van der Waals surface area contributed by atoms with Crippen LogP contribution in [0, 0.1) is 13.8 Å². The van der Waals surface area contributed by atoms with E-state index in [2.05, 4.69) is 11.4 Å². The van der Waals surface area contributed by atoms with Gasteiger partial charge in [0.1, 0.15) is 0 Å². The molecule has 0 unspecified atom stereocenters. The Balaban J connectivity index is 1.58. The Morgan fingerprint density at radius 1 is 0.960 bits per heavy atom. The molecule has 2 aromatic carbocycles. The van der Waals surface area contributed by atoms with Crippen LogP contribution in [0.25, 0.3) is 0 Å². The van der Waals surface area contributed by atoms with Gasteiger partial charge >= 0.3 is 0 Å². The number of aryl methyl sites for hydroxylation is 3. The Hall–Kier alpha value is -2.42. The first-order valence-corrected chi connectivity index (χ1v) is 9.05. The first-order valence-electron chi connectivity index (χ1n) is 9.05. The van der Waals surface area contributed by atoms with Crippen molar-refractivity contribution in [2.75, 3.05) is 5.32 Å². The molecule has 0 fully saturated rings. The minimum absolute atomic E-state index is 0.0458. The molecule has 1 aliphatic carbocycles. The number of Topliss-reactive ketones (excluding diaryl/α,β-unsaturated/α-hetero) is 1. The van der Waals surface area contributed by atoms with Gasteiger partial charge in [-0.1, -0.05) is 24.3 Å². The zero-order chi connectivity index (χ0) is 17.8. The molecule has 0 heterocycles. The lowest BCUT2D eigenvalue weighted by molar-refractivity contribution is -0.116. The van der Waals surface area contributed by atoms with Gasteiger partial charge in [0.2, 0.25) is 5.91 Å². The summed E-state index contributed by atoms with van der Waals surface area (Å²) < 4.78 is 0. The summed E-state index contributed by atoms with van der Waals surface area (Å²) in [5.74, 6) is -0.0653. The molecule has 1 aliphatic rings. The number of carbonyl (C=O) groups is 2. The first kappa shape index (κ1) is 17.4. The third-order valence-electron chi connectivity index (χ3n) is 5.13. The molecule has 0 spiro atoms. The van der Waals surface area contributed by atoms with Gasteiger partial charge in [-0.2, -0.15) is 0 Å². The quantitative estimate of drug-likeness (QED) is 0.799. The third-order valence-corrected chi connectivity index (χ3v) is 5.13. The van der Waals surface area contributed by atoms with Crippen molar-refractivity contribution < 1.29 is 9.59 Å². The molecule has 3 rings (SSSR count). The van der Waals surface area contributed by atoms with Crippen molar-refractivity contribution in [3.05, 3.63) is 64.2 Å². The van der Waals surface area contributed by atoms with E-state index in [9.17, 15) is 9.59 Å². The molecule has 0 saturated carbocycles. The van der Waals surface area contributed by atoms with Crippen LogP contribution in [0.3, 0.4) is 0 Å². The molecule has 2 aromatic rings. The number of rotatable bonds is 5. The predicted molar refractivity (Wildman–Crippen MR) is 101 cm³/mol. The normalized spacial score (nSPS) is 13.2. The van der Waals surface area contributed by atoms with Gasteiger partial charge in [-0.3, -0.25) is 9.59 Å². The van der Waals surface area contributed by atoms with Crippen LogP contribution in [-0.4, -0.2) is 11.7 Å². The van der Waals surface area contributed by atoms with Gasteiger partial charge in [-0.25, -0.2) is 0 Å². The number of anilines is 1. The van der Waals surface area contributed by atoms with E-state index in [0.717, 1.165) is 35.2 Å². The SMILES string of the molecule is Cc1cccc(NC(=O)CCC(=O)c2ccc3c(c2)CCCC3)c1C. The van der Waals surface area contributed by atoms with Crippen molar-refractivity contribution >= 4 is 17.4 Å². The highest BCUT2D eigenvalue weighted by molar-refractivity contribution is 6.00. The smallest absolute Gasteiger partial charge is 0.224 e. The van der Waals surface area contributed by atoms with Gasteiger partial charge in [0, 0.05) is 24.1 Å². The van der Waals surface area contributed by atoms with E-state index in [1.807, 2.05) is 44.2 Å². The second-order valence-electron chi connectivity index (χ2n) is 6.91. The second kappa shape index (κ2) is 7.64. The van der Waals surface area contributed by atoms with E-state index < -0.39 is 0 Å². The Morgan fingerprint density at radius 3 is 2.52 bits per heavy atom. The molecule has 3 nitrogen and oxygen atoms in total. The third kappa shape index (κ3) is 4.16. The van der Waals surface area contributed by atoms with E-state index in [1.54, 1.807) is 0 Å². The van der Waals surface area contributed by atoms with Crippen LogP contribution in [0.5, 0.6) is 0 Å². The fourth-order valence-corrected chi connectivity index (χ4v) is 3.38. The number of hydrogen-bond acceptors (Lipinski definition) is 2. The van der Waals surface area contributed by atoms with Crippen molar-refractivity contribution in [2.45, 2.75) is 52.4 Å². The summed E-state index contributed by atoms with van der Waals surface area (Å²) in [7, 11) is 0. The summed E-state index contributed by atoms with van der Waals surface area (Å²) in [5, 5.41) is 2.92. The minimum Gasteiger partial charge on any atom is -0.326 e. The highest BCUT2D eigenvalue weighted by atomic mass is 16.2. The van der Waals surface area contributed by atoms with Crippen molar-refractivity contribution in [3.8, 4) is 0 Å². The van der Waals surface area contributed by atoms with Crippen molar-refractivity contribution in [1.29, 1.82) is 0 Å². The molecule has 0 saturated heterocycles. The summed E-state index contributed by atoms with van der Waals surface area (Å²) in [6, 6.07) is 11.9. The maximum atomic E-state index is 12.4. The summed E-state index contributed by atoms with van der Waals surface area (Å²) >= 11 is 0. The lowest BCUT2D eigenvalue weighted by atomic mass is 9.89. The van der Waals surface area contributed by atoms with E-state index in [4.69, 9.17) is 0 Å². The molecule has 130 valence electrons. The number of carbonyl (C=O) groups excluding carboxylic acids is 2. The van der Waals surface area contributed by atoms with Gasteiger partial charge < -0.3 is 5.32 Å². The van der Waals surface area contributed by atoms with Gasteiger partial charge in [-0.15, -0.1) is 0 Å². The monoisotopic (exact) mass is 335 g/mol. The first-order chi connectivity index (χ1) is 12.0. The summed E-state index contributed by atoms with van der Waals surface area (Å²) in [6.07, 6.45) is 5.06.